The van der Waals surface area contributed by atoms with Crippen LogP contribution >= 0.6 is 11.6 Å². The molecule has 1 heterocycles. The van der Waals surface area contributed by atoms with Crippen molar-refractivity contribution >= 4 is 28.4 Å². The molecule has 0 aliphatic heterocycles. The molecule has 1 aromatic heterocycles. The number of rotatable bonds is 3. The number of halogens is 1. The molecule has 0 saturated carbocycles. The Morgan fingerprint density at radius 1 is 1.35 bits per heavy atom. The molecule has 0 saturated heterocycles. The normalized spacial score (nSPS) is 11.2. The molecule has 0 aliphatic carbocycles. The molecule has 0 atom stereocenters. The second kappa shape index (κ2) is 4.63. The van der Waals surface area contributed by atoms with Crippen molar-refractivity contribution in [2.45, 2.75) is 0 Å². The lowest BCUT2D eigenvalue weighted by molar-refractivity contribution is 0.102. The lowest BCUT2D eigenvalue weighted by Crippen LogP contribution is -2.02. The molecule has 17 heavy (non-hydrogen) atoms. The fraction of sp³-hybridized carbons (Fsp3) is 0.154. The number of hydrogen-bond acceptors (Lipinski definition) is 3. The third-order valence-electron chi connectivity index (χ3n) is 2.25. The van der Waals surface area contributed by atoms with E-state index in [9.17, 15) is 4.79 Å². The Labute approximate surface area is 104 Å². The number of allylic oxidation sites excluding steroid dienone is 1. The van der Waals surface area contributed by atoms with Gasteiger partial charge in [-0.05, 0) is 24.3 Å². The van der Waals surface area contributed by atoms with E-state index in [1.807, 2.05) is 14.1 Å². The summed E-state index contributed by atoms with van der Waals surface area (Å²) in [5.41, 5.74) is 0.663. The highest BCUT2D eigenvalue weighted by Crippen LogP contribution is 2.23. The minimum atomic E-state index is -0.161. The first kappa shape index (κ1) is 11.7. The van der Waals surface area contributed by atoms with Crippen LogP contribution in [0.15, 0.2) is 41.0 Å². The van der Waals surface area contributed by atoms with E-state index >= 15 is 0 Å². The van der Waals surface area contributed by atoms with Crippen molar-refractivity contribution < 1.29 is 9.21 Å². The summed E-state index contributed by atoms with van der Waals surface area (Å²) >= 11 is 5.86. The van der Waals surface area contributed by atoms with Crippen molar-refractivity contribution in [3.63, 3.8) is 0 Å². The maximum Gasteiger partial charge on any atom is 0.222 e. The van der Waals surface area contributed by atoms with Crippen LogP contribution in [0.25, 0.3) is 11.0 Å². The zero-order valence-electron chi connectivity index (χ0n) is 9.61. The van der Waals surface area contributed by atoms with Gasteiger partial charge < -0.3 is 9.32 Å². The van der Waals surface area contributed by atoms with Gasteiger partial charge in [-0.2, -0.15) is 0 Å². The average molecular weight is 250 g/mol. The summed E-state index contributed by atoms with van der Waals surface area (Å²) in [6, 6.07) is 6.96. The standard InChI is InChI=1S/C13H12ClNO2/c1-15(2)6-5-11(16)13-8-9-7-10(14)3-4-12(9)17-13/h3-8H,1-2H3. The second-order valence-electron chi connectivity index (χ2n) is 3.94. The molecule has 0 fully saturated rings. The van der Waals surface area contributed by atoms with Crippen LogP contribution in [-0.4, -0.2) is 24.8 Å². The summed E-state index contributed by atoms with van der Waals surface area (Å²) in [6.07, 6.45) is 3.15. The molecule has 0 radical (unpaired) electrons. The van der Waals surface area contributed by atoms with Gasteiger partial charge in [-0.3, -0.25) is 4.79 Å². The van der Waals surface area contributed by atoms with Crippen LogP contribution in [0.3, 0.4) is 0 Å². The molecule has 0 aliphatic rings. The van der Waals surface area contributed by atoms with E-state index in [1.54, 1.807) is 35.4 Å². The topological polar surface area (TPSA) is 33.5 Å². The molecule has 2 aromatic rings. The largest absolute Gasteiger partial charge is 0.453 e. The van der Waals surface area contributed by atoms with E-state index in [-0.39, 0.29) is 5.78 Å². The molecule has 2 rings (SSSR count). The Kier molecular flexibility index (Phi) is 3.20. The van der Waals surface area contributed by atoms with Gasteiger partial charge in [-0.1, -0.05) is 11.6 Å². The molecular weight excluding hydrogens is 238 g/mol. The van der Waals surface area contributed by atoms with E-state index in [2.05, 4.69) is 0 Å². The quantitative estimate of drug-likeness (QED) is 0.618. The predicted octanol–water partition coefficient (Wildman–Crippen LogP) is 3.34. The van der Waals surface area contributed by atoms with Crippen LogP contribution in [0.1, 0.15) is 10.6 Å². The fourth-order valence-electron chi connectivity index (χ4n) is 1.43. The first-order valence-corrected chi connectivity index (χ1v) is 5.52. The third kappa shape index (κ3) is 2.68. The van der Waals surface area contributed by atoms with E-state index < -0.39 is 0 Å². The van der Waals surface area contributed by atoms with Crippen LogP contribution in [0, 0.1) is 0 Å². The summed E-state index contributed by atoms with van der Waals surface area (Å²) in [5, 5.41) is 1.46. The highest BCUT2D eigenvalue weighted by atomic mass is 35.5. The zero-order chi connectivity index (χ0) is 12.4. The molecular formula is C13H12ClNO2. The summed E-state index contributed by atoms with van der Waals surface area (Å²) in [5.74, 6) is 0.159. The van der Waals surface area contributed by atoms with Gasteiger partial charge >= 0.3 is 0 Å². The number of carbonyl (C=O) groups excluding carboxylic acids is 1. The van der Waals surface area contributed by atoms with Gasteiger partial charge in [-0.25, -0.2) is 0 Å². The van der Waals surface area contributed by atoms with Gasteiger partial charge in [0.05, 0.1) is 0 Å². The van der Waals surface area contributed by atoms with Crippen LogP contribution in [0.2, 0.25) is 5.02 Å². The second-order valence-corrected chi connectivity index (χ2v) is 4.37. The summed E-state index contributed by atoms with van der Waals surface area (Å²) in [4.78, 5) is 13.6. The summed E-state index contributed by atoms with van der Waals surface area (Å²) < 4.78 is 5.44. The minimum Gasteiger partial charge on any atom is -0.453 e. The molecule has 0 amide bonds. The first-order chi connectivity index (χ1) is 8.06. The van der Waals surface area contributed by atoms with Crippen molar-refractivity contribution in [1.82, 2.24) is 4.90 Å². The summed E-state index contributed by atoms with van der Waals surface area (Å²) in [6.45, 7) is 0. The van der Waals surface area contributed by atoms with E-state index in [1.165, 1.54) is 6.08 Å². The van der Waals surface area contributed by atoms with Gasteiger partial charge in [-0.15, -0.1) is 0 Å². The van der Waals surface area contributed by atoms with Crippen LogP contribution in [-0.2, 0) is 0 Å². The number of furan rings is 1. The van der Waals surface area contributed by atoms with Crippen molar-refractivity contribution in [2.75, 3.05) is 14.1 Å². The predicted molar refractivity (Wildman–Crippen MR) is 68.4 cm³/mol. The van der Waals surface area contributed by atoms with Crippen molar-refractivity contribution in [1.29, 1.82) is 0 Å². The highest BCUT2D eigenvalue weighted by molar-refractivity contribution is 6.31. The molecule has 0 unspecified atom stereocenters. The number of benzene rings is 1. The molecule has 1 aromatic carbocycles. The van der Waals surface area contributed by atoms with Crippen molar-refractivity contribution in [2.24, 2.45) is 0 Å². The fourth-order valence-corrected chi connectivity index (χ4v) is 1.62. The van der Waals surface area contributed by atoms with E-state index in [0.717, 1.165) is 5.39 Å². The number of hydrogen-bond donors (Lipinski definition) is 0. The minimum absolute atomic E-state index is 0.161. The highest BCUT2D eigenvalue weighted by Gasteiger charge is 2.09. The van der Waals surface area contributed by atoms with Crippen LogP contribution in [0.5, 0.6) is 0 Å². The van der Waals surface area contributed by atoms with Crippen LogP contribution < -0.4 is 0 Å². The molecule has 88 valence electrons. The summed E-state index contributed by atoms with van der Waals surface area (Å²) in [7, 11) is 3.70. The first-order valence-electron chi connectivity index (χ1n) is 5.14. The zero-order valence-corrected chi connectivity index (χ0v) is 10.4. The van der Waals surface area contributed by atoms with Crippen molar-refractivity contribution in [3.8, 4) is 0 Å². The van der Waals surface area contributed by atoms with Gasteiger partial charge in [0, 0.05) is 36.8 Å². The Balaban J connectivity index is 2.33. The van der Waals surface area contributed by atoms with Gasteiger partial charge in [0.25, 0.3) is 0 Å². The molecule has 0 N–H and O–H groups in total. The molecule has 3 nitrogen and oxygen atoms in total. The van der Waals surface area contributed by atoms with Crippen LogP contribution in [0.4, 0.5) is 0 Å². The van der Waals surface area contributed by atoms with Gasteiger partial charge in [0.2, 0.25) is 5.78 Å². The van der Waals surface area contributed by atoms with E-state index in [0.29, 0.717) is 16.4 Å². The lowest BCUT2D eigenvalue weighted by atomic mass is 10.2. The molecule has 0 bridgehead atoms. The smallest absolute Gasteiger partial charge is 0.222 e. The Bertz CT molecular complexity index is 584. The number of nitrogens with zero attached hydrogens (tertiary/aromatic N) is 1. The Hall–Kier alpha value is -1.74. The lowest BCUT2D eigenvalue weighted by Gasteiger charge is -2.01. The molecule has 0 spiro atoms. The average Bonchev–Trinajstić information content (AvgIpc) is 2.68. The monoisotopic (exact) mass is 249 g/mol. The third-order valence-corrected chi connectivity index (χ3v) is 2.48. The maximum atomic E-state index is 11.8. The number of fused-ring (bicyclic) bond motifs is 1. The van der Waals surface area contributed by atoms with E-state index in [4.69, 9.17) is 16.0 Å². The van der Waals surface area contributed by atoms with Gasteiger partial charge in [0.15, 0.2) is 5.76 Å². The van der Waals surface area contributed by atoms with Gasteiger partial charge in [0.1, 0.15) is 5.58 Å². The Morgan fingerprint density at radius 2 is 2.12 bits per heavy atom. The molecule has 4 heteroatoms. The Morgan fingerprint density at radius 3 is 2.82 bits per heavy atom. The number of ketones is 1. The van der Waals surface area contributed by atoms with Crippen molar-refractivity contribution in [3.05, 3.63) is 47.3 Å². The maximum absolute atomic E-state index is 11.8. The number of carbonyl (C=O) groups is 1. The SMILES string of the molecule is CN(C)C=CC(=O)c1cc2cc(Cl)ccc2o1.